The fourth-order valence-corrected chi connectivity index (χ4v) is 4.25. The van der Waals surface area contributed by atoms with E-state index in [2.05, 4.69) is 5.32 Å². The minimum atomic E-state index is -3.09. The molecule has 2 rings (SSSR count). The summed E-state index contributed by atoms with van der Waals surface area (Å²) >= 11 is 11.7. The molecule has 25 heavy (non-hydrogen) atoms. The molecule has 1 aromatic carbocycles. The predicted octanol–water partition coefficient (Wildman–Crippen LogP) is 2.24. The summed E-state index contributed by atoms with van der Waals surface area (Å²) in [6, 6.07) is 4.42. The molecule has 9 heteroatoms. The van der Waals surface area contributed by atoms with Crippen molar-refractivity contribution in [2.24, 2.45) is 0 Å². The van der Waals surface area contributed by atoms with Crippen LogP contribution >= 0.6 is 23.2 Å². The van der Waals surface area contributed by atoms with E-state index >= 15 is 0 Å². The van der Waals surface area contributed by atoms with E-state index in [-0.39, 0.29) is 11.5 Å². The summed E-state index contributed by atoms with van der Waals surface area (Å²) in [4.78, 5) is 23.7. The van der Waals surface area contributed by atoms with Crippen molar-refractivity contribution < 1.29 is 22.7 Å². The molecule has 1 aliphatic rings. The van der Waals surface area contributed by atoms with Crippen LogP contribution in [0.1, 0.15) is 18.9 Å². The summed E-state index contributed by atoms with van der Waals surface area (Å²) in [5, 5.41) is 3.34. The minimum Gasteiger partial charge on any atom is -0.449 e. The van der Waals surface area contributed by atoms with Gasteiger partial charge in [-0.05, 0) is 37.1 Å². The lowest BCUT2D eigenvalue weighted by atomic mass is 10.2. The van der Waals surface area contributed by atoms with Crippen molar-refractivity contribution in [2.45, 2.75) is 25.5 Å². The molecule has 6 nitrogen and oxygen atoms in total. The second-order valence-corrected chi connectivity index (χ2v) is 8.74. The standard InChI is InChI=1S/C16H17Cl2NO5S/c1-10(16(21)19-12-6-7-25(22,23)9-12)24-15(20)5-3-11-2-4-13(17)14(18)8-11/h2-5,8,10,12H,6-7,9H2,1H3,(H,19,21)/b5-3+/t10-,12+/m1/s1. The number of esters is 1. The van der Waals surface area contributed by atoms with Gasteiger partial charge in [-0.15, -0.1) is 0 Å². The molecule has 2 atom stereocenters. The summed E-state index contributed by atoms with van der Waals surface area (Å²) < 4.78 is 27.7. The number of benzene rings is 1. The Morgan fingerprint density at radius 1 is 1.32 bits per heavy atom. The first-order valence-electron chi connectivity index (χ1n) is 7.51. The van der Waals surface area contributed by atoms with Gasteiger partial charge >= 0.3 is 5.97 Å². The zero-order chi connectivity index (χ0) is 18.6. The van der Waals surface area contributed by atoms with Gasteiger partial charge in [-0.25, -0.2) is 13.2 Å². The van der Waals surface area contributed by atoms with Crippen molar-refractivity contribution in [1.82, 2.24) is 5.32 Å². The topological polar surface area (TPSA) is 89.5 Å². The Balaban J connectivity index is 1.85. The van der Waals surface area contributed by atoms with E-state index in [0.29, 0.717) is 22.0 Å². The Hall–Kier alpha value is -1.57. The molecule has 1 saturated heterocycles. The van der Waals surface area contributed by atoms with Crippen molar-refractivity contribution >= 4 is 51.0 Å². The number of hydrogen-bond acceptors (Lipinski definition) is 5. The number of hydrogen-bond donors (Lipinski definition) is 1. The third kappa shape index (κ3) is 6.02. The number of ether oxygens (including phenoxy) is 1. The van der Waals surface area contributed by atoms with E-state index in [1.165, 1.54) is 19.1 Å². The maximum Gasteiger partial charge on any atom is 0.331 e. The number of nitrogens with one attached hydrogen (secondary N) is 1. The lowest BCUT2D eigenvalue weighted by molar-refractivity contribution is -0.150. The van der Waals surface area contributed by atoms with E-state index in [0.717, 1.165) is 0 Å². The van der Waals surface area contributed by atoms with Gasteiger partial charge in [-0.3, -0.25) is 4.79 Å². The third-order valence-corrected chi connectivity index (χ3v) is 6.10. The number of rotatable bonds is 5. The maximum absolute atomic E-state index is 12.0. The highest BCUT2D eigenvalue weighted by atomic mass is 35.5. The minimum absolute atomic E-state index is 0.0541. The van der Waals surface area contributed by atoms with Crippen LogP contribution in [-0.2, 0) is 24.2 Å². The van der Waals surface area contributed by atoms with Crippen LogP contribution in [0.2, 0.25) is 10.0 Å². The molecule has 1 aliphatic heterocycles. The lowest BCUT2D eigenvalue weighted by Gasteiger charge is -2.15. The molecule has 0 radical (unpaired) electrons. The molecule has 0 aliphatic carbocycles. The predicted molar refractivity (Wildman–Crippen MR) is 96.3 cm³/mol. The molecular formula is C16H17Cl2NO5S. The zero-order valence-corrected chi connectivity index (χ0v) is 15.7. The van der Waals surface area contributed by atoms with Gasteiger partial charge in [0.25, 0.3) is 5.91 Å². The van der Waals surface area contributed by atoms with E-state index < -0.39 is 33.9 Å². The SMILES string of the molecule is C[C@@H](OC(=O)/C=C/c1ccc(Cl)c(Cl)c1)C(=O)N[C@H]1CCS(=O)(=O)C1. The molecular weight excluding hydrogens is 389 g/mol. The van der Waals surface area contributed by atoms with Crippen molar-refractivity contribution in [3.05, 3.63) is 39.9 Å². The van der Waals surface area contributed by atoms with Crippen LogP contribution in [0.15, 0.2) is 24.3 Å². The molecule has 1 N–H and O–H groups in total. The fourth-order valence-electron chi connectivity index (χ4n) is 2.27. The summed E-state index contributed by atoms with van der Waals surface area (Å²) in [5.41, 5.74) is 0.652. The lowest BCUT2D eigenvalue weighted by Crippen LogP contribution is -2.42. The molecule has 0 bridgehead atoms. The molecule has 0 unspecified atom stereocenters. The van der Waals surface area contributed by atoms with Gasteiger partial charge in [0.1, 0.15) is 0 Å². The van der Waals surface area contributed by atoms with Crippen molar-refractivity contribution in [3.63, 3.8) is 0 Å². The second-order valence-electron chi connectivity index (χ2n) is 5.69. The van der Waals surface area contributed by atoms with Crippen LogP contribution in [0, 0.1) is 0 Å². The Labute approximate surface area is 156 Å². The van der Waals surface area contributed by atoms with Gasteiger partial charge in [0.05, 0.1) is 21.6 Å². The number of carbonyl (C=O) groups is 2. The van der Waals surface area contributed by atoms with E-state index in [1.54, 1.807) is 18.2 Å². The molecule has 0 saturated carbocycles. The highest BCUT2D eigenvalue weighted by Crippen LogP contribution is 2.23. The van der Waals surface area contributed by atoms with Gasteiger partial charge in [0.15, 0.2) is 15.9 Å². The number of amides is 1. The van der Waals surface area contributed by atoms with Gasteiger partial charge in [-0.2, -0.15) is 0 Å². The first-order valence-corrected chi connectivity index (χ1v) is 10.1. The van der Waals surface area contributed by atoms with Gasteiger partial charge in [0.2, 0.25) is 0 Å². The van der Waals surface area contributed by atoms with Crippen LogP contribution in [0.3, 0.4) is 0 Å². The van der Waals surface area contributed by atoms with Crippen LogP contribution in [-0.4, -0.2) is 43.9 Å². The van der Waals surface area contributed by atoms with Crippen molar-refractivity contribution in [3.8, 4) is 0 Å². The fraction of sp³-hybridized carbons (Fsp3) is 0.375. The number of sulfone groups is 1. The van der Waals surface area contributed by atoms with Crippen LogP contribution in [0.5, 0.6) is 0 Å². The summed E-state index contributed by atoms with van der Waals surface area (Å²) in [5.74, 6) is -1.26. The first kappa shape index (κ1) is 19.8. The van der Waals surface area contributed by atoms with E-state index in [1.807, 2.05) is 0 Å². The zero-order valence-electron chi connectivity index (χ0n) is 13.4. The van der Waals surface area contributed by atoms with Gasteiger partial charge < -0.3 is 10.1 Å². The van der Waals surface area contributed by atoms with E-state index in [9.17, 15) is 18.0 Å². The van der Waals surface area contributed by atoms with Gasteiger partial charge in [-0.1, -0.05) is 29.3 Å². The normalized spacial score (nSPS) is 20.4. The molecule has 1 heterocycles. The Morgan fingerprint density at radius 2 is 2.04 bits per heavy atom. The molecule has 1 amide bonds. The molecule has 1 fully saturated rings. The van der Waals surface area contributed by atoms with Crippen LogP contribution in [0.25, 0.3) is 6.08 Å². The first-order chi connectivity index (χ1) is 11.7. The van der Waals surface area contributed by atoms with Gasteiger partial charge in [0, 0.05) is 12.1 Å². The molecule has 0 aromatic heterocycles. The quantitative estimate of drug-likeness (QED) is 0.599. The monoisotopic (exact) mass is 405 g/mol. The molecule has 1 aromatic rings. The maximum atomic E-state index is 12.0. The smallest absolute Gasteiger partial charge is 0.331 e. The summed E-state index contributed by atoms with van der Waals surface area (Å²) in [6.07, 6.45) is 1.99. The largest absolute Gasteiger partial charge is 0.449 e. The van der Waals surface area contributed by atoms with Crippen LogP contribution < -0.4 is 5.32 Å². The summed E-state index contributed by atoms with van der Waals surface area (Å²) in [6.45, 7) is 1.42. The Morgan fingerprint density at radius 3 is 2.64 bits per heavy atom. The van der Waals surface area contributed by atoms with Crippen molar-refractivity contribution in [2.75, 3.05) is 11.5 Å². The molecule has 0 spiro atoms. The van der Waals surface area contributed by atoms with Crippen molar-refractivity contribution in [1.29, 1.82) is 0 Å². The Bertz CT molecular complexity index is 807. The highest BCUT2D eigenvalue weighted by molar-refractivity contribution is 7.91. The van der Waals surface area contributed by atoms with Crippen LogP contribution in [0.4, 0.5) is 0 Å². The molecule has 136 valence electrons. The average molecular weight is 406 g/mol. The third-order valence-electron chi connectivity index (χ3n) is 3.60. The number of halogens is 2. The second kappa shape index (κ2) is 8.21. The van der Waals surface area contributed by atoms with E-state index in [4.69, 9.17) is 27.9 Å². The highest BCUT2D eigenvalue weighted by Gasteiger charge is 2.30. The summed E-state index contributed by atoms with van der Waals surface area (Å²) in [7, 11) is -3.09. The number of carbonyl (C=O) groups excluding carboxylic acids is 2. The Kier molecular flexibility index (Phi) is 6.48. The average Bonchev–Trinajstić information content (AvgIpc) is 2.87.